The Morgan fingerprint density at radius 2 is 2.00 bits per heavy atom. The maximum Gasteiger partial charge on any atom is 0.138 e. The first-order valence-electron chi connectivity index (χ1n) is 5.60. The Balaban J connectivity index is 2.34. The molecule has 0 atom stereocenters. The molecule has 0 fully saturated rings. The van der Waals surface area contributed by atoms with Crippen molar-refractivity contribution in [1.82, 2.24) is 9.97 Å². The van der Waals surface area contributed by atoms with Crippen LogP contribution in [0.4, 0.5) is 5.82 Å². The number of nitrogen functional groups attached to an aromatic ring is 1. The van der Waals surface area contributed by atoms with Gasteiger partial charge in [-0.15, -0.1) is 0 Å². The highest BCUT2D eigenvalue weighted by Gasteiger charge is 2.07. The largest absolute Gasteiger partial charge is 0.489 e. The van der Waals surface area contributed by atoms with E-state index in [0.717, 1.165) is 11.3 Å². The Labute approximate surface area is 111 Å². The Kier molecular flexibility index (Phi) is 3.67. The van der Waals surface area contributed by atoms with E-state index in [2.05, 4.69) is 9.97 Å². The minimum Gasteiger partial charge on any atom is -0.489 e. The fourth-order valence-corrected chi connectivity index (χ4v) is 1.76. The van der Waals surface area contributed by atoms with Crippen LogP contribution in [0.25, 0.3) is 11.3 Å². The van der Waals surface area contributed by atoms with E-state index in [1.807, 2.05) is 26.0 Å². The standard InChI is InChI=1S/C13H14ClN3O/c1-8(2)18-12-4-3-9(5-10(12)14)11-6-13(15)17-7-16-11/h3-8H,1-2H3,(H2,15,16,17). The number of anilines is 1. The second kappa shape index (κ2) is 5.23. The van der Waals surface area contributed by atoms with Crippen LogP contribution in [0, 0.1) is 0 Å². The molecular weight excluding hydrogens is 250 g/mol. The zero-order valence-electron chi connectivity index (χ0n) is 10.2. The van der Waals surface area contributed by atoms with E-state index >= 15 is 0 Å². The van der Waals surface area contributed by atoms with Gasteiger partial charge in [-0.05, 0) is 32.0 Å². The number of hydrogen-bond acceptors (Lipinski definition) is 4. The molecule has 0 spiro atoms. The third-order valence-electron chi connectivity index (χ3n) is 2.28. The van der Waals surface area contributed by atoms with E-state index in [1.165, 1.54) is 6.33 Å². The summed E-state index contributed by atoms with van der Waals surface area (Å²) in [5.74, 6) is 1.09. The summed E-state index contributed by atoms with van der Waals surface area (Å²) in [7, 11) is 0. The van der Waals surface area contributed by atoms with Gasteiger partial charge in [0, 0.05) is 11.6 Å². The van der Waals surface area contributed by atoms with E-state index in [9.17, 15) is 0 Å². The molecule has 0 radical (unpaired) electrons. The molecule has 18 heavy (non-hydrogen) atoms. The third kappa shape index (κ3) is 2.90. The van der Waals surface area contributed by atoms with Gasteiger partial charge in [0.15, 0.2) is 0 Å². The Hall–Kier alpha value is -1.81. The highest BCUT2D eigenvalue weighted by atomic mass is 35.5. The predicted molar refractivity (Wildman–Crippen MR) is 72.7 cm³/mol. The van der Waals surface area contributed by atoms with Crippen LogP contribution in [0.15, 0.2) is 30.6 Å². The number of aromatic nitrogens is 2. The van der Waals surface area contributed by atoms with Gasteiger partial charge >= 0.3 is 0 Å². The molecule has 4 nitrogen and oxygen atoms in total. The highest BCUT2D eigenvalue weighted by Crippen LogP contribution is 2.30. The second-order valence-electron chi connectivity index (χ2n) is 4.14. The number of hydrogen-bond donors (Lipinski definition) is 1. The summed E-state index contributed by atoms with van der Waals surface area (Å²) in [4.78, 5) is 8.00. The topological polar surface area (TPSA) is 61.0 Å². The number of rotatable bonds is 3. The van der Waals surface area contributed by atoms with Crippen molar-refractivity contribution in [2.45, 2.75) is 20.0 Å². The molecule has 0 saturated heterocycles. The zero-order chi connectivity index (χ0) is 13.1. The summed E-state index contributed by atoms with van der Waals surface area (Å²) < 4.78 is 5.57. The lowest BCUT2D eigenvalue weighted by molar-refractivity contribution is 0.242. The van der Waals surface area contributed by atoms with Crippen molar-refractivity contribution in [3.63, 3.8) is 0 Å². The van der Waals surface area contributed by atoms with Gasteiger partial charge in [0.2, 0.25) is 0 Å². The predicted octanol–water partition coefficient (Wildman–Crippen LogP) is 3.17. The molecular formula is C13H14ClN3O. The smallest absolute Gasteiger partial charge is 0.138 e. The molecule has 0 unspecified atom stereocenters. The van der Waals surface area contributed by atoms with Crippen LogP contribution < -0.4 is 10.5 Å². The van der Waals surface area contributed by atoms with Crippen molar-refractivity contribution >= 4 is 17.4 Å². The number of nitrogens with two attached hydrogens (primary N) is 1. The molecule has 2 aromatic rings. The number of nitrogens with zero attached hydrogens (tertiary/aromatic N) is 2. The molecule has 0 aliphatic heterocycles. The van der Waals surface area contributed by atoms with Crippen molar-refractivity contribution < 1.29 is 4.74 Å². The number of benzene rings is 1. The lowest BCUT2D eigenvalue weighted by Gasteiger charge is -2.12. The molecule has 2 N–H and O–H groups in total. The lowest BCUT2D eigenvalue weighted by Crippen LogP contribution is -2.05. The first-order valence-corrected chi connectivity index (χ1v) is 5.98. The van der Waals surface area contributed by atoms with Crippen LogP contribution in [0.1, 0.15) is 13.8 Å². The van der Waals surface area contributed by atoms with Crippen LogP contribution >= 0.6 is 11.6 Å². The monoisotopic (exact) mass is 263 g/mol. The van der Waals surface area contributed by atoms with E-state index in [-0.39, 0.29) is 6.10 Å². The summed E-state index contributed by atoms with van der Waals surface area (Å²) in [5, 5.41) is 0.554. The fraction of sp³-hybridized carbons (Fsp3) is 0.231. The molecule has 1 heterocycles. The van der Waals surface area contributed by atoms with Crippen LogP contribution in [-0.2, 0) is 0 Å². The van der Waals surface area contributed by atoms with Gasteiger partial charge in [-0.3, -0.25) is 0 Å². The van der Waals surface area contributed by atoms with Crippen LogP contribution in [-0.4, -0.2) is 16.1 Å². The molecule has 0 aliphatic rings. The molecule has 2 rings (SSSR count). The normalized spacial score (nSPS) is 10.7. The van der Waals surface area contributed by atoms with Gasteiger partial charge in [-0.1, -0.05) is 11.6 Å². The quantitative estimate of drug-likeness (QED) is 0.924. The molecule has 0 amide bonds. The van der Waals surface area contributed by atoms with Gasteiger partial charge in [-0.25, -0.2) is 9.97 Å². The van der Waals surface area contributed by atoms with E-state index in [4.69, 9.17) is 22.1 Å². The van der Waals surface area contributed by atoms with Crippen molar-refractivity contribution in [3.8, 4) is 17.0 Å². The van der Waals surface area contributed by atoms with Crippen LogP contribution in [0.3, 0.4) is 0 Å². The molecule has 0 aliphatic carbocycles. The fourth-order valence-electron chi connectivity index (χ4n) is 1.54. The van der Waals surface area contributed by atoms with Gasteiger partial charge in [-0.2, -0.15) is 0 Å². The number of ether oxygens (including phenoxy) is 1. The average molecular weight is 264 g/mol. The average Bonchev–Trinajstić information content (AvgIpc) is 2.31. The van der Waals surface area contributed by atoms with Crippen molar-refractivity contribution in [1.29, 1.82) is 0 Å². The summed E-state index contributed by atoms with van der Waals surface area (Å²) in [6.45, 7) is 3.91. The van der Waals surface area contributed by atoms with Gasteiger partial charge in [0.25, 0.3) is 0 Å². The van der Waals surface area contributed by atoms with Crippen LogP contribution in [0.5, 0.6) is 5.75 Å². The van der Waals surface area contributed by atoms with Crippen LogP contribution in [0.2, 0.25) is 5.02 Å². The zero-order valence-corrected chi connectivity index (χ0v) is 11.0. The van der Waals surface area contributed by atoms with Crippen molar-refractivity contribution in [3.05, 3.63) is 35.6 Å². The van der Waals surface area contributed by atoms with Crippen molar-refractivity contribution in [2.24, 2.45) is 0 Å². The maximum absolute atomic E-state index is 6.16. The second-order valence-corrected chi connectivity index (χ2v) is 4.55. The minimum absolute atomic E-state index is 0.0862. The Morgan fingerprint density at radius 3 is 2.61 bits per heavy atom. The molecule has 0 bridgehead atoms. The Morgan fingerprint density at radius 1 is 1.22 bits per heavy atom. The maximum atomic E-state index is 6.16. The highest BCUT2D eigenvalue weighted by molar-refractivity contribution is 6.32. The minimum atomic E-state index is 0.0862. The summed E-state index contributed by atoms with van der Waals surface area (Å²) in [6, 6.07) is 7.23. The van der Waals surface area contributed by atoms with E-state index in [1.54, 1.807) is 12.1 Å². The summed E-state index contributed by atoms with van der Waals surface area (Å²) >= 11 is 6.16. The SMILES string of the molecule is CC(C)Oc1ccc(-c2cc(N)ncn2)cc1Cl. The molecule has 0 saturated carbocycles. The van der Waals surface area contributed by atoms with Gasteiger partial charge in [0.1, 0.15) is 17.9 Å². The lowest BCUT2D eigenvalue weighted by atomic mass is 10.1. The summed E-state index contributed by atoms with van der Waals surface area (Å²) in [6.07, 6.45) is 1.51. The molecule has 1 aromatic carbocycles. The molecule has 1 aromatic heterocycles. The molecule has 94 valence electrons. The van der Waals surface area contributed by atoms with E-state index < -0.39 is 0 Å². The van der Waals surface area contributed by atoms with Gasteiger partial charge < -0.3 is 10.5 Å². The first kappa shape index (κ1) is 12.6. The molecule has 5 heteroatoms. The number of halogens is 1. The van der Waals surface area contributed by atoms with Crippen molar-refractivity contribution in [2.75, 3.05) is 5.73 Å². The van der Waals surface area contributed by atoms with Gasteiger partial charge in [0.05, 0.1) is 16.8 Å². The first-order chi connectivity index (χ1) is 8.56. The summed E-state index contributed by atoms with van der Waals surface area (Å²) in [5.41, 5.74) is 7.24. The Bertz CT molecular complexity index is 558. The van der Waals surface area contributed by atoms with E-state index in [0.29, 0.717) is 16.6 Å². The third-order valence-corrected chi connectivity index (χ3v) is 2.57.